The number of hydrogen-bond acceptors (Lipinski definition) is 3. The van der Waals surface area contributed by atoms with E-state index in [9.17, 15) is 4.79 Å². The number of methoxy groups -OCH3 is 1. The van der Waals surface area contributed by atoms with Gasteiger partial charge in [-0.3, -0.25) is 0 Å². The van der Waals surface area contributed by atoms with Crippen molar-refractivity contribution >= 4 is 18.1 Å². The van der Waals surface area contributed by atoms with Crippen LogP contribution in [0.15, 0.2) is 42.5 Å². The summed E-state index contributed by atoms with van der Waals surface area (Å²) >= 11 is 0. The molecule has 2 aromatic carbocycles. The number of carbonyl (C=O) groups is 1. The Hall–Kier alpha value is -2.59. The van der Waals surface area contributed by atoms with Crippen LogP contribution in [0.3, 0.4) is 0 Å². The van der Waals surface area contributed by atoms with Gasteiger partial charge >= 0.3 is 5.97 Å². The second-order valence-corrected chi connectivity index (χ2v) is 7.43. The van der Waals surface area contributed by atoms with E-state index in [1.54, 1.807) is 19.2 Å². The lowest BCUT2D eigenvalue weighted by Gasteiger charge is -2.33. The van der Waals surface area contributed by atoms with Crippen LogP contribution in [-0.4, -0.2) is 31.4 Å². The Balaban J connectivity index is 1.87. The summed E-state index contributed by atoms with van der Waals surface area (Å²) < 4.78 is 11.7. The van der Waals surface area contributed by atoms with Gasteiger partial charge in [0.2, 0.25) is 0 Å². The summed E-state index contributed by atoms with van der Waals surface area (Å²) in [6, 6.07) is 13.3. The summed E-state index contributed by atoms with van der Waals surface area (Å²) in [4.78, 5) is 11.0. The minimum atomic E-state index is -0.912. The molecule has 148 valence electrons. The first-order chi connectivity index (χ1) is 13.6. The lowest BCUT2D eigenvalue weighted by molar-refractivity contribution is 0.0697. The third-order valence-corrected chi connectivity index (χ3v) is 5.41. The minimum absolute atomic E-state index is 0.0181. The fraction of sp³-hybridized carbons (Fsp3) is 0.375. The maximum absolute atomic E-state index is 11.0. The Labute approximate surface area is 166 Å². The summed E-state index contributed by atoms with van der Waals surface area (Å²) in [5, 5.41) is 9.00. The zero-order valence-corrected chi connectivity index (χ0v) is 16.6. The Bertz CT molecular complexity index is 830. The number of carboxylic acids is 1. The molecule has 0 bridgehead atoms. The summed E-state index contributed by atoms with van der Waals surface area (Å²) in [6.07, 6.45) is 8.31. The van der Waals surface area contributed by atoms with E-state index in [2.05, 4.69) is 25.1 Å². The second-order valence-electron chi connectivity index (χ2n) is 7.43. The normalized spacial score (nSPS) is 19.1. The van der Waals surface area contributed by atoms with E-state index < -0.39 is 5.97 Å². The molecule has 0 amide bonds. The molecule has 0 saturated carbocycles. The van der Waals surface area contributed by atoms with E-state index in [1.807, 2.05) is 24.3 Å². The van der Waals surface area contributed by atoms with Gasteiger partial charge in [0, 0.05) is 18.1 Å². The van der Waals surface area contributed by atoms with E-state index in [0.717, 1.165) is 49.2 Å². The highest BCUT2D eigenvalue weighted by Crippen LogP contribution is 2.42. The van der Waals surface area contributed by atoms with Crippen LogP contribution in [0.1, 0.15) is 59.7 Å². The molecule has 3 rings (SSSR count). The van der Waals surface area contributed by atoms with Gasteiger partial charge in [-0.1, -0.05) is 49.8 Å². The number of ether oxygens (including phenoxy) is 2. The summed E-state index contributed by atoms with van der Waals surface area (Å²) in [5.74, 6) is 0.0384. The van der Waals surface area contributed by atoms with Crippen molar-refractivity contribution in [2.45, 2.75) is 38.0 Å². The second kappa shape index (κ2) is 9.07. The molecule has 1 atom stereocenters. The fourth-order valence-corrected chi connectivity index (χ4v) is 4.09. The zero-order valence-electron chi connectivity index (χ0n) is 16.6. The summed E-state index contributed by atoms with van der Waals surface area (Å²) in [6.45, 7) is 3.66. The first-order valence-corrected chi connectivity index (χ1v) is 9.86. The quantitative estimate of drug-likeness (QED) is 0.652. The molecule has 0 spiro atoms. The first kappa shape index (κ1) is 20.2. The van der Waals surface area contributed by atoms with Crippen LogP contribution in [0.2, 0.25) is 0 Å². The van der Waals surface area contributed by atoms with Crippen molar-refractivity contribution in [1.29, 1.82) is 0 Å². The van der Waals surface area contributed by atoms with Gasteiger partial charge in [-0.2, -0.15) is 0 Å². The predicted octanol–water partition coefficient (Wildman–Crippen LogP) is 5.41. The number of carboxylic acid groups (broad SMARTS) is 1. The maximum atomic E-state index is 11.0. The van der Waals surface area contributed by atoms with Gasteiger partial charge in [-0.15, -0.1) is 0 Å². The van der Waals surface area contributed by atoms with Crippen molar-refractivity contribution in [3.05, 3.63) is 64.7 Å². The van der Waals surface area contributed by atoms with Crippen molar-refractivity contribution in [1.82, 2.24) is 0 Å². The largest absolute Gasteiger partial charge is 0.493 e. The van der Waals surface area contributed by atoms with Crippen molar-refractivity contribution in [3.8, 4) is 5.75 Å². The lowest BCUT2D eigenvalue weighted by Crippen LogP contribution is -2.31. The monoisotopic (exact) mass is 380 g/mol. The highest BCUT2D eigenvalue weighted by atomic mass is 16.5. The molecule has 1 N–H and O–H groups in total. The Morgan fingerprint density at radius 3 is 2.57 bits per heavy atom. The van der Waals surface area contributed by atoms with Crippen molar-refractivity contribution < 1.29 is 19.4 Å². The van der Waals surface area contributed by atoms with Gasteiger partial charge in [-0.25, -0.2) is 4.79 Å². The van der Waals surface area contributed by atoms with E-state index >= 15 is 0 Å². The smallest absolute Gasteiger partial charge is 0.335 e. The Morgan fingerprint density at radius 2 is 1.89 bits per heavy atom. The van der Waals surface area contributed by atoms with Gasteiger partial charge in [0.05, 0.1) is 18.8 Å². The van der Waals surface area contributed by atoms with Crippen LogP contribution in [0.4, 0.5) is 0 Å². The summed E-state index contributed by atoms with van der Waals surface area (Å²) in [5.41, 5.74) is 3.58. The molecule has 4 heteroatoms. The minimum Gasteiger partial charge on any atom is -0.493 e. The van der Waals surface area contributed by atoms with Crippen LogP contribution in [0, 0.1) is 0 Å². The average Bonchev–Trinajstić information content (AvgIpc) is 2.87. The molecule has 0 aliphatic carbocycles. The average molecular weight is 380 g/mol. The van der Waals surface area contributed by atoms with Crippen LogP contribution in [0.25, 0.3) is 12.2 Å². The van der Waals surface area contributed by atoms with Gasteiger partial charge in [-0.05, 0) is 48.6 Å². The van der Waals surface area contributed by atoms with Gasteiger partial charge in [0.25, 0.3) is 0 Å². The molecule has 28 heavy (non-hydrogen) atoms. The van der Waals surface area contributed by atoms with Gasteiger partial charge in [0.1, 0.15) is 5.75 Å². The molecule has 0 saturated heterocycles. The molecule has 1 heterocycles. The molecule has 4 nitrogen and oxygen atoms in total. The van der Waals surface area contributed by atoms with E-state index in [1.165, 1.54) is 5.56 Å². The van der Waals surface area contributed by atoms with Crippen LogP contribution < -0.4 is 4.74 Å². The molecular formula is C24H28O4. The first-order valence-electron chi connectivity index (χ1n) is 9.86. The molecule has 1 unspecified atom stereocenters. The topological polar surface area (TPSA) is 55.8 Å². The number of aromatic carboxylic acids is 1. The number of benzene rings is 2. The summed E-state index contributed by atoms with van der Waals surface area (Å²) in [7, 11) is 1.77. The molecule has 2 aromatic rings. The van der Waals surface area contributed by atoms with E-state index in [0.29, 0.717) is 12.2 Å². The molecule has 1 aliphatic heterocycles. The Kier molecular flexibility index (Phi) is 6.53. The molecule has 0 radical (unpaired) electrons. The number of hydrogen-bond donors (Lipinski definition) is 1. The van der Waals surface area contributed by atoms with E-state index in [4.69, 9.17) is 14.6 Å². The van der Waals surface area contributed by atoms with Crippen LogP contribution >= 0.6 is 0 Å². The maximum Gasteiger partial charge on any atom is 0.335 e. The highest BCUT2D eigenvalue weighted by molar-refractivity contribution is 5.88. The lowest BCUT2D eigenvalue weighted by atomic mass is 9.74. The SMILES string of the molecule is CCCC1(COC)CCCOc2cc(/C=C/c3ccc(C(=O)O)cc3)ccc21. The highest BCUT2D eigenvalue weighted by Gasteiger charge is 2.35. The fourth-order valence-electron chi connectivity index (χ4n) is 4.09. The standard InChI is InChI=1S/C24H28O4/c1-3-13-24(17-27-2)14-4-15-28-22-16-19(9-12-21(22)24)6-5-18-7-10-20(11-8-18)23(25)26/h5-12,16H,3-4,13-15,17H2,1-2H3,(H,25,26)/b6-5+. The van der Waals surface area contributed by atoms with Crippen molar-refractivity contribution in [2.24, 2.45) is 0 Å². The van der Waals surface area contributed by atoms with Crippen LogP contribution in [0.5, 0.6) is 5.75 Å². The molecular weight excluding hydrogens is 352 g/mol. The number of fused-ring (bicyclic) bond motifs is 1. The van der Waals surface area contributed by atoms with Crippen LogP contribution in [-0.2, 0) is 10.2 Å². The third kappa shape index (κ3) is 4.45. The van der Waals surface area contributed by atoms with Crippen molar-refractivity contribution in [3.63, 3.8) is 0 Å². The molecule has 0 aromatic heterocycles. The predicted molar refractivity (Wildman–Crippen MR) is 112 cm³/mol. The van der Waals surface area contributed by atoms with Crippen molar-refractivity contribution in [2.75, 3.05) is 20.3 Å². The van der Waals surface area contributed by atoms with Gasteiger partial charge in [0.15, 0.2) is 0 Å². The molecule has 1 aliphatic rings. The van der Waals surface area contributed by atoms with E-state index in [-0.39, 0.29) is 5.41 Å². The zero-order chi connectivity index (χ0) is 20.0. The number of rotatable bonds is 7. The third-order valence-electron chi connectivity index (χ3n) is 5.41. The van der Waals surface area contributed by atoms with Gasteiger partial charge < -0.3 is 14.6 Å². The Morgan fingerprint density at radius 1 is 1.18 bits per heavy atom. The molecule has 0 fully saturated rings.